The SMILES string of the molecule is CCc1cccc(CC)c1NC(=O)CO/N=C(\N)CCC(C)C. The summed E-state index contributed by atoms with van der Waals surface area (Å²) in [5.41, 5.74) is 8.88. The van der Waals surface area contributed by atoms with Crippen LogP contribution in [0.4, 0.5) is 5.69 Å². The average molecular weight is 319 g/mol. The van der Waals surface area contributed by atoms with Crippen molar-refractivity contribution in [1.82, 2.24) is 0 Å². The Morgan fingerprint density at radius 1 is 1.26 bits per heavy atom. The lowest BCUT2D eigenvalue weighted by atomic mass is 10.0. The summed E-state index contributed by atoms with van der Waals surface area (Å²) in [5, 5.41) is 6.73. The zero-order chi connectivity index (χ0) is 17.2. The number of amides is 1. The number of oxime groups is 1. The number of carbonyl (C=O) groups excluding carboxylic acids is 1. The third kappa shape index (κ3) is 6.72. The van der Waals surface area contributed by atoms with Gasteiger partial charge in [0.15, 0.2) is 6.61 Å². The predicted octanol–water partition coefficient (Wildman–Crippen LogP) is 3.47. The highest BCUT2D eigenvalue weighted by Gasteiger charge is 2.10. The zero-order valence-electron chi connectivity index (χ0n) is 14.7. The molecule has 0 aromatic heterocycles. The number of benzene rings is 1. The number of anilines is 1. The number of nitrogens with zero attached hydrogens (tertiary/aromatic N) is 1. The Kier molecular flexibility index (Phi) is 8.16. The van der Waals surface area contributed by atoms with E-state index in [1.165, 1.54) is 0 Å². The summed E-state index contributed by atoms with van der Waals surface area (Å²) in [6, 6.07) is 6.07. The number of rotatable bonds is 9. The molecule has 5 heteroatoms. The van der Waals surface area contributed by atoms with Crippen LogP contribution in [0.2, 0.25) is 0 Å². The summed E-state index contributed by atoms with van der Waals surface area (Å²) in [4.78, 5) is 17.1. The van der Waals surface area contributed by atoms with E-state index >= 15 is 0 Å². The Labute approximate surface area is 139 Å². The second-order valence-corrected chi connectivity index (χ2v) is 6.00. The van der Waals surface area contributed by atoms with E-state index in [1.807, 2.05) is 18.2 Å². The predicted molar refractivity (Wildman–Crippen MR) is 95.5 cm³/mol. The molecule has 1 rings (SSSR count). The maximum atomic E-state index is 12.1. The van der Waals surface area contributed by atoms with E-state index < -0.39 is 0 Å². The first-order valence-corrected chi connectivity index (χ1v) is 8.32. The minimum Gasteiger partial charge on any atom is -0.384 e. The number of hydrogen-bond donors (Lipinski definition) is 2. The van der Waals surface area contributed by atoms with Crippen LogP contribution in [0.5, 0.6) is 0 Å². The van der Waals surface area contributed by atoms with Crippen molar-refractivity contribution in [2.24, 2.45) is 16.8 Å². The van der Waals surface area contributed by atoms with Crippen molar-refractivity contribution < 1.29 is 9.63 Å². The third-order valence-corrected chi connectivity index (χ3v) is 3.62. The van der Waals surface area contributed by atoms with Crippen LogP contribution in [0.3, 0.4) is 0 Å². The van der Waals surface area contributed by atoms with Gasteiger partial charge in [-0.2, -0.15) is 0 Å². The lowest BCUT2D eigenvalue weighted by Crippen LogP contribution is -2.20. The van der Waals surface area contributed by atoms with E-state index in [-0.39, 0.29) is 12.5 Å². The summed E-state index contributed by atoms with van der Waals surface area (Å²) in [5.74, 6) is 0.765. The number of amidine groups is 1. The van der Waals surface area contributed by atoms with E-state index in [4.69, 9.17) is 10.6 Å². The molecule has 0 heterocycles. The average Bonchev–Trinajstić information content (AvgIpc) is 2.53. The molecule has 0 aliphatic carbocycles. The molecule has 0 saturated carbocycles. The summed E-state index contributed by atoms with van der Waals surface area (Å²) in [6.07, 6.45) is 3.36. The van der Waals surface area contributed by atoms with Gasteiger partial charge < -0.3 is 15.9 Å². The standard InChI is InChI=1S/C18H29N3O2/c1-5-14-8-7-9-15(6-2)18(14)20-17(22)12-23-21-16(19)11-10-13(3)4/h7-9,13H,5-6,10-12H2,1-4H3,(H2,19,21)(H,20,22). The number of carbonyl (C=O) groups is 1. The van der Waals surface area contributed by atoms with E-state index in [1.54, 1.807) is 0 Å². The largest absolute Gasteiger partial charge is 0.384 e. The monoisotopic (exact) mass is 319 g/mol. The Morgan fingerprint density at radius 2 is 1.87 bits per heavy atom. The number of aryl methyl sites for hydroxylation is 2. The van der Waals surface area contributed by atoms with Crippen LogP contribution in [0, 0.1) is 5.92 Å². The molecule has 0 unspecified atom stereocenters. The van der Waals surface area contributed by atoms with Crippen LogP contribution in [0.25, 0.3) is 0 Å². The molecule has 5 nitrogen and oxygen atoms in total. The minimum atomic E-state index is -0.221. The minimum absolute atomic E-state index is 0.135. The van der Waals surface area contributed by atoms with Crippen LogP contribution in [0.15, 0.2) is 23.4 Å². The summed E-state index contributed by atoms with van der Waals surface area (Å²) in [7, 11) is 0. The molecule has 128 valence electrons. The van der Waals surface area contributed by atoms with Crippen molar-refractivity contribution in [3.05, 3.63) is 29.3 Å². The Hall–Kier alpha value is -2.04. The number of hydrogen-bond acceptors (Lipinski definition) is 3. The molecule has 23 heavy (non-hydrogen) atoms. The van der Waals surface area contributed by atoms with Gasteiger partial charge in [0.1, 0.15) is 5.84 Å². The fourth-order valence-corrected chi connectivity index (χ4v) is 2.23. The Balaban J connectivity index is 2.56. The van der Waals surface area contributed by atoms with Gasteiger partial charge in [-0.05, 0) is 36.3 Å². The van der Waals surface area contributed by atoms with Gasteiger partial charge in [0.05, 0.1) is 0 Å². The number of nitrogens with two attached hydrogens (primary N) is 1. The quantitative estimate of drug-likeness (QED) is 0.415. The zero-order valence-corrected chi connectivity index (χ0v) is 14.7. The van der Waals surface area contributed by atoms with Gasteiger partial charge in [0, 0.05) is 12.1 Å². The number of nitrogens with one attached hydrogen (secondary N) is 1. The highest BCUT2D eigenvalue weighted by molar-refractivity contribution is 5.93. The molecule has 0 bridgehead atoms. The highest BCUT2D eigenvalue weighted by atomic mass is 16.6. The summed E-state index contributed by atoms with van der Waals surface area (Å²) < 4.78 is 0. The van der Waals surface area contributed by atoms with Gasteiger partial charge in [-0.1, -0.05) is 51.0 Å². The lowest BCUT2D eigenvalue weighted by Gasteiger charge is -2.14. The first-order chi connectivity index (χ1) is 11.0. The number of para-hydroxylation sites is 1. The topological polar surface area (TPSA) is 76.7 Å². The smallest absolute Gasteiger partial charge is 0.265 e. The molecule has 0 atom stereocenters. The first kappa shape index (κ1) is 19.0. The van der Waals surface area contributed by atoms with E-state index in [9.17, 15) is 4.79 Å². The van der Waals surface area contributed by atoms with Gasteiger partial charge >= 0.3 is 0 Å². The fourth-order valence-electron chi connectivity index (χ4n) is 2.23. The highest BCUT2D eigenvalue weighted by Crippen LogP contribution is 2.22. The van der Waals surface area contributed by atoms with Gasteiger partial charge in [-0.25, -0.2) is 0 Å². The van der Waals surface area contributed by atoms with Gasteiger partial charge in [0.2, 0.25) is 0 Å². The molecule has 1 aromatic carbocycles. The molecule has 0 aliphatic heterocycles. The van der Waals surface area contributed by atoms with Crippen LogP contribution in [-0.4, -0.2) is 18.3 Å². The molecular formula is C18H29N3O2. The molecule has 0 saturated heterocycles. The molecule has 0 fully saturated rings. The molecule has 3 N–H and O–H groups in total. The van der Waals surface area contributed by atoms with Crippen molar-refractivity contribution in [3.63, 3.8) is 0 Å². The normalized spacial score (nSPS) is 11.6. The molecular weight excluding hydrogens is 290 g/mol. The van der Waals surface area contributed by atoms with Crippen molar-refractivity contribution in [2.45, 2.75) is 53.4 Å². The maximum Gasteiger partial charge on any atom is 0.265 e. The summed E-state index contributed by atoms with van der Waals surface area (Å²) >= 11 is 0. The van der Waals surface area contributed by atoms with E-state index in [0.29, 0.717) is 18.2 Å². The molecule has 0 aliphatic rings. The van der Waals surface area contributed by atoms with Crippen LogP contribution in [-0.2, 0) is 22.5 Å². The Morgan fingerprint density at radius 3 is 2.39 bits per heavy atom. The van der Waals surface area contributed by atoms with Crippen molar-refractivity contribution in [2.75, 3.05) is 11.9 Å². The van der Waals surface area contributed by atoms with Gasteiger partial charge in [-0.3, -0.25) is 4.79 Å². The van der Waals surface area contributed by atoms with Crippen molar-refractivity contribution >= 4 is 17.4 Å². The molecule has 0 spiro atoms. The Bertz CT molecular complexity index is 517. The van der Waals surface area contributed by atoms with Gasteiger partial charge in [0.25, 0.3) is 5.91 Å². The second-order valence-electron chi connectivity index (χ2n) is 6.00. The molecule has 1 aromatic rings. The molecule has 1 amide bonds. The van der Waals surface area contributed by atoms with E-state index in [0.717, 1.165) is 36.1 Å². The second kappa shape index (κ2) is 9.87. The van der Waals surface area contributed by atoms with Crippen LogP contribution >= 0.6 is 0 Å². The van der Waals surface area contributed by atoms with Crippen LogP contribution in [0.1, 0.15) is 51.7 Å². The van der Waals surface area contributed by atoms with Crippen molar-refractivity contribution in [3.8, 4) is 0 Å². The molecule has 0 radical (unpaired) electrons. The van der Waals surface area contributed by atoms with E-state index in [2.05, 4.69) is 38.2 Å². The van der Waals surface area contributed by atoms with Crippen molar-refractivity contribution in [1.29, 1.82) is 0 Å². The third-order valence-electron chi connectivity index (χ3n) is 3.62. The first-order valence-electron chi connectivity index (χ1n) is 8.32. The fraction of sp³-hybridized carbons (Fsp3) is 0.556. The van der Waals surface area contributed by atoms with Gasteiger partial charge in [-0.15, -0.1) is 0 Å². The lowest BCUT2D eigenvalue weighted by molar-refractivity contribution is -0.120. The maximum absolute atomic E-state index is 12.1. The van der Waals surface area contributed by atoms with Crippen LogP contribution < -0.4 is 11.1 Å². The summed E-state index contributed by atoms with van der Waals surface area (Å²) in [6.45, 7) is 8.25.